The summed E-state index contributed by atoms with van der Waals surface area (Å²) in [5, 5.41) is 4.36. The summed E-state index contributed by atoms with van der Waals surface area (Å²) >= 11 is 2.46. The van der Waals surface area contributed by atoms with Gasteiger partial charge in [0.25, 0.3) is 0 Å². The van der Waals surface area contributed by atoms with Gasteiger partial charge in [-0.05, 0) is 85.9 Å². The number of benzene rings is 2. The van der Waals surface area contributed by atoms with Crippen molar-refractivity contribution in [3.63, 3.8) is 0 Å². The maximum absolute atomic E-state index is 16.2. The van der Waals surface area contributed by atoms with Crippen LogP contribution in [0.3, 0.4) is 0 Å². The number of rotatable bonds is 8. The van der Waals surface area contributed by atoms with Crippen LogP contribution in [0.15, 0.2) is 65.8 Å². The van der Waals surface area contributed by atoms with Crippen LogP contribution in [-0.4, -0.2) is 36.9 Å². The lowest BCUT2D eigenvalue weighted by Gasteiger charge is -2.24. The highest BCUT2D eigenvalue weighted by Gasteiger charge is 2.26. The Kier molecular flexibility index (Phi) is 8.09. The van der Waals surface area contributed by atoms with Gasteiger partial charge in [-0.15, -0.1) is 11.3 Å². The molecule has 1 aliphatic rings. The smallest absolute Gasteiger partial charge is 0.156 e. The maximum Gasteiger partial charge on any atom is 0.156 e. The molecule has 0 amide bonds. The number of thiazole rings is 1. The van der Waals surface area contributed by atoms with Crippen molar-refractivity contribution in [3.05, 3.63) is 83.4 Å². The van der Waals surface area contributed by atoms with Crippen LogP contribution in [0.4, 0.5) is 18.9 Å². The van der Waals surface area contributed by atoms with E-state index in [0.717, 1.165) is 71.5 Å². The number of pyridine rings is 1. The monoisotopic (exact) mass is 542 g/mol. The molecule has 0 unspecified atom stereocenters. The third kappa shape index (κ3) is 5.67. The Morgan fingerprint density at radius 2 is 1.86 bits per heavy atom. The van der Waals surface area contributed by atoms with E-state index in [9.17, 15) is 8.78 Å². The van der Waals surface area contributed by atoms with E-state index in [1.54, 1.807) is 41.9 Å². The summed E-state index contributed by atoms with van der Waals surface area (Å²) in [6.07, 6.45) is 5.37. The molecule has 1 aliphatic heterocycles. The Morgan fingerprint density at radius 3 is 2.62 bits per heavy atom. The average molecular weight is 543 g/mol. The molecule has 0 spiro atoms. The van der Waals surface area contributed by atoms with Crippen molar-refractivity contribution in [2.24, 2.45) is 0 Å². The van der Waals surface area contributed by atoms with Crippen LogP contribution in [0.5, 0.6) is 0 Å². The number of ether oxygens (including phenoxy) is 1. The second-order valence-electron chi connectivity index (χ2n) is 8.59. The molecule has 192 valence electrons. The lowest BCUT2D eigenvalue weighted by Crippen LogP contribution is -2.26. The first-order valence-corrected chi connectivity index (χ1v) is 13.4. The first-order valence-electron chi connectivity index (χ1n) is 11.9. The summed E-state index contributed by atoms with van der Waals surface area (Å²) in [6.45, 7) is 1.80. The number of aromatic nitrogens is 2. The number of nitrogens with one attached hydrogen (secondary N) is 1. The van der Waals surface area contributed by atoms with Crippen molar-refractivity contribution >= 4 is 29.0 Å². The van der Waals surface area contributed by atoms with Gasteiger partial charge in [0, 0.05) is 31.0 Å². The molecular formula is C27H25F3N4OS2. The summed E-state index contributed by atoms with van der Waals surface area (Å²) in [7, 11) is 1.46. The number of halogens is 3. The first-order chi connectivity index (χ1) is 18.0. The van der Waals surface area contributed by atoms with E-state index < -0.39 is 17.5 Å². The number of anilines is 1. The average Bonchev–Trinajstić information content (AvgIpc) is 3.37. The Balaban J connectivity index is 1.58. The lowest BCUT2D eigenvalue weighted by atomic mass is 9.99. The molecule has 2 aromatic heterocycles. The summed E-state index contributed by atoms with van der Waals surface area (Å²) in [6, 6.07) is 12.0. The molecule has 5 rings (SSSR count). The van der Waals surface area contributed by atoms with E-state index in [0.29, 0.717) is 17.2 Å². The number of hydrogen-bond acceptors (Lipinski definition) is 7. The molecule has 0 radical (unpaired) electrons. The lowest BCUT2D eigenvalue weighted by molar-refractivity contribution is 0.211. The number of nitrogens with zero attached hydrogens (tertiary/aromatic N) is 3. The Labute approximate surface area is 221 Å². The van der Waals surface area contributed by atoms with Gasteiger partial charge in [-0.2, -0.15) is 0 Å². The van der Waals surface area contributed by atoms with Crippen molar-refractivity contribution in [2.75, 3.05) is 31.2 Å². The molecule has 3 heterocycles. The Morgan fingerprint density at radius 1 is 1.08 bits per heavy atom. The third-order valence-electron chi connectivity index (χ3n) is 6.12. The van der Waals surface area contributed by atoms with Gasteiger partial charge in [-0.25, -0.2) is 18.2 Å². The molecule has 5 nitrogen and oxygen atoms in total. The standard InChI is InChI=1S/C27H25F3N4OS2/c1-35-16-34(37-23-15-19(28)5-6-21(23)29)22-4-2-3-20(24(22)30)25-26(17-7-11-31-12-8-17)36-27(33-25)18-9-13-32-14-10-18/h2-8,11-12,15,18,32H,9-10,13-14,16H2,1H3. The van der Waals surface area contributed by atoms with E-state index in [4.69, 9.17) is 9.72 Å². The van der Waals surface area contributed by atoms with Crippen LogP contribution in [0.25, 0.3) is 21.7 Å². The Hall–Kier alpha value is -2.92. The van der Waals surface area contributed by atoms with Gasteiger partial charge in [-0.3, -0.25) is 9.29 Å². The van der Waals surface area contributed by atoms with Crippen LogP contribution in [0.2, 0.25) is 0 Å². The molecule has 1 saturated heterocycles. The molecule has 0 bridgehead atoms. The Bertz CT molecular complexity index is 1360. The fraction of sp³-hybridized carbons (Fsp3) is 0.259. The minimum Gasteiger partial charge on any atom is -0.363 e. The van der Waals surface area contributed by atoms with Crippen LogP contribution in [-0.2, 0) is 4.74 Å². The first kappa shape index (κ1) is 25.7. The van der Waals surface area contributed by atoms with Crippen LogP contribution in [0.1, 0.15) is 23.8 Å². The fourth-order valence-electron chi connectivity index (χ4n) is 4.29. The highest BCUT2D eigenvalue weighted by Crippen LogP contribution is 2.43. The second-order valence-corrected chi connectivity index (χ2v) is 10.7. The fourth-order valence-corrected chi connectivity index (χ4v) is 6.50. The zero-order valence-corrected chi connectivity index (χ0v) is 21.7. The molecule has 2 aromatic carbocycles. The molecule has 10 heteroatoms. The van der Waals surface area contributed by atoms with Gasteiger partial charge >= 0.3 is 0 Å². The molecule has 0 atom stereocenters. The molecular weight excluding hydrogens is 517 g/mol. The summed E-state index contributed by atoms with van der Waals surface area (Å²) in [4.78, 5) is 9.98. The zero-order valence-electron chi connectivity index (χ0n) is 20.1. The molecule has 37 heavy (non-hydrogen) atoms. The van der Waals surface area contributed by atoms with Gasteiger partial charge in [0.05, 0.1) is 26.2 Å². The minimum absolute atomic E-state index is 0.0289. The SMILES string of the molecule is COCN(Sc1cc(F)ccc1F)c1cccc(-c2nc(C3CCNCC3)sc2-c2ccncc2)c1F. The van der Waals surface area contributed by atoms with E-state index >= 15 is 4.39 Å². The van der Waals surface area contributed by atoms with E-state index in [2.05, 4.69) is 10.3 Å². The van der Waals surface area contributed by atoms with Gasteiger partial charge in [-0.1, -0.05) is 6.07 Å². The van der Waals surface area contributed by atoms with Crippen molar-refractivity contribution in [3.8, 4) is 21.7 Å². The summed E-state index contributed by atoms with van der Waals surface area (Å²) in [5.41, 5.74) is 1.99. The van der Waals surface area contributed by atoms with Crippen LogP contribution in [0, 0.1) is 17.5 Å². The molecule has 0 aliphatic carbocycles. The highest BCUT2D eigenvalue weighted by atomic mass is 32.2. The molecule has 0 saturated carbocycles. The molecule has 4 aromatic rings. The van der Waals surface area contributed by atoms with Crippen LogP contribution < -0.4 is 9.62 Å². The largest absolute Gasteiger partial charge is 0.363 e. The van der Waals surface area contributed by atoms with Gasteiger partial charge < -0.3 is 10.1 Å². The summed E-state index contributed by atoms with van der Waals surface area (Å²) in [5.74, 6) is -1.38. The quantitative estimate of drug-likeness (QED) is 0.194. The number of methoxy groups -OCH3 is 1. The van der Waals surface area contributed by atoms with Crippen molar-refractivity contribution in [2.45, 2.75) is 23.7 Å². The van der Waals surface area contributed by atoms with Gasteiger partial charge in [0.1, 0.15) is 18.4 Å². The third-order valence-corrected chi connectivity index (χ3v) is 8.42. The number of piperidine rings is 1. The normalized spacial score (nSPS) is 14.2. The maximum atomic E-state index is 16.2. The van der Waals surface area contributed by atoms with E-state index in [1.165, 1.54) is 11.4 Å². The van der Waals surface area contributed by atoms with Gasteiger partial charge in [0.2, 0.25) is 0 Å². The van der Waals surface area contributed by atoms with Crippen molar-refractivity contribution in [1.29, 1.82) is 0 Å². The van der Waals surface area contributed by atoms with Crippen molar-refractivity contribution < 1.29 is 17.9 Å². The van der Waals surface area contributed by atoms with Crippen molar-refractivity contribution in [1.82, 2.24) is 15.3 Å². The minimum atomic E-state index is -0.602. The number of hydrogen-bond donors (Lipinski definition) is 1. The topological polar surface area (TPSA) is 50.3 Å². The zero-order chi connectivity index (χ0) is 25.8. The second kappa shape index (κ2) is 11.6. The van der Waals surface area contributed by atoms with Crippen LogP contribution >= 0.6 is 23.3 Å². The highest BCUT2D eigenvalue weighted by molar-refractivity contribution is 8.00. The summed E-state index contributed by atoms with van der Waals surface area (Å²) < 4.78 is 51.1. The predicted octanol–water partition coefficient (Wildman–Crippen LogP) is 6.87. The molecule has 1 N–H and O–H groups in total. The predicted molar refractivity (Wildman–Crippen MR) is 142 cm³/mol. The molecule has 1 fully saturated rings. The van der Waals surface area contributed by atoms with E-state index in [1.807, 2.05) is 12.1 Å². The van der Waals surface area contributed by atoms with E-state index in [-0.39, 0.29) is 17.3 Å². The van der Waals surface area contributed by atoms with Gasteiger partial charge in [0.15, 0.2) is 5.82 Å².